The monoisotopic (exact) mass is 667 g/mol. The Morgan fingerprint density at radius 1 is 0.538 bits per heavy atom. The molecule has 10 rings (SSSR count). The number of allylic oxidation sites excluding steroid dienone is 1. The van der Waals surface area contributed by atoms with Crippen LogP contribution in [0, 0.1) is 0 Å². The second kappa shape index (κ2) is 12.7. The van der Waals surface area contributed by atoms with Crippen molar-refractivity contribution >= 4 is 33.2 Å². The van der Waals surface area contributed by atoms with Crippen molar-refractivity contribution in [1.82, 2.24) is 9.88 Å². The highest BCUT2D eigenvalue weighted by molar-refractivity contribution is 6.14. The molecule has 2 unspecified atom stereocenters. The van der Waals surface area contributed by atoms with E-state index in [1.807, 2.05) is 0 Å². The van der Waals surface area contributed by atoms with E-state index in [1.165, 1.54) is 49.6 Å². The van der Waals surface area contributed by atoms with Crippen molar-refractivity contribution in [1.29, 1.82) is 0 Å². The molecule has 2 aliphatic rings. The molecule has 3 nitrogen and oxygen atoms in total. The summed E-state index contributed by atoms with van der Waals surface area (Å²) in [5, 5.41) is 6.27. The van der Waals surface area contributed by atoms with Crippen LogP contribution in [0.2, 0.25) is 0 Å². The van der Waals surface area contributed by atoms with Gasteiger partial charge in [-0.15, -0.1) is 0 Å². The summed E-state index contributed by atoms with van der Waals surface area (Å²) in [6.45, 7) is 0. The number of hydrogen-bond acceptors (Lipinski definition) is 2. The van der Waals surface area contributed by atoms with Crippen LogP contribution < -0.4 is 5.32 Å². The molecule has 1 aliphatic carbocycles. The van der Waals surface area contributed by atoms with E-state index in [0.717, 1.165) is 46.6 Å². The molecule has 248 valence electrons. The molecule has 2 heterocycles. The van der Waals surface area contributed by atoms with E-state index in [9.17, 15) is 0 Å². The highest BCUT2D eigenvalue weighted by Gasteiger charge is 2.26. The largest absolute Gasteiger partial charge is 0.360 e. The molecule has 1 aromatic heterocycles. The molecule has 8 aromatic rings. The van der Waals surface area contributed by atoms with E-state index in [2.05, 4.69) is 192 Å². The van der Waals surface area contributed by atoms with Crippen molar-refractivity contribution in [3.05, 3.63) is 215 Å². The Labute approximate surface area is 304 Å². The molecule has 0 bridgehead atoms. The lowest BCUT2D eigenvalue weighted by molar-refractivity contribution is 0.664. The van der Waals surface area contributed by atoms with Gasteiger partial charge < -0.3 is 9.88 Å². The number of hydrogen-bond donors (Lipinski definition) is 1. The van der Waals surface area contributed by atoms with Crippen LogP contribution in [-0.4, -0.2) is 10.3 Å². The zero-order valence-electron chi connectivity index (χ0n) is 28.8. The second-order valence-corrected chi connectivity index (χ2v) is 13.9. The van der Waals surface area contributed by atoms with Gasteiger partial charge >= 0.3 is 0 Å². The first-order valence-electron chi connectivity index (χ1n) is 18.3. The van der Waals surface area contributed by atoms with Gasteiger partial charge in [0.1, 0.15) is 6.17 Å². The fraction of sp³-hybridized carbons (Fsp3) is 0.0816. The van der Waals surface area contributed by atoms with Crippen molar-refractivity contribution in [3.63, 3.8) is 0 Å². The molecule has 0 amide bonds. The number of benzene rings is 7. The number of rotatable bonds is 5. The predicted octanol–water partition coefficient (Wildman–Crippen LogP) is 11.7. The van der Waals surface area contributed by atoms with Crippen LogP contribution in [0.15, 0.2) is 187 Å². The summed E-state index contributed by atoms with van der Waals surface area (Å²) in [4.78, 5) is 5.45. The second-order valence-electron chi connectivity index (χ2n) is 13.9. The highest BCUT2D eigenvalue weighted by Crippen LogP contribution is 2.43. The summed E-state index contributed by atoms with van der Waals surface area (Å²) in [6.07, 6.45) is 4.06. The molecule has 0 spiro atoms. The van der Waals surface area contributed by atoms with Gasteiger partial charge in [0, 0.05) is 33.6 Å². The lowest BCUT2D eigenvalue weighted by atomic mass is 9.84. The fourth-order valence-electron chi connectivity index (χ4n) is 8.43. The van der Waals surface area contributed by atoms with Gasteiger partial charge in [0.2, 0.25) is 0 Å². The average molecular weight is 668 g/mol. The van der Waals surface area contributed by atoms with Crippen molar-refractivity contribution in [2.24, 2.45) is 4.99 Å². The van der Waals surface area contributed by atoms with Crippen LogP contribution in [0.4, 0.5) is 0 Å². The molecule has 7 aromatic carbocycles. The third kappa shape index (κ3) is 5.25. The normalized spacial score (nSPS) is 16.7. The molecule has 3 heteroatoms. The van der Waals surface area contributed by atoms with E-state index >= 15 is 0 Å². The first-order chi connectivity index (χ1) is 25.8. The van der Waals surface area contributed by atoms with Gasteiger partial charge in [-0.1, -0.05) is 146 Å². The Balaban J connectivity index is 1.23. The minimum Gasteiger partial charge on any atom is -0.360 e. The average Bonchev–Trinajstić information content (AvgIpc) is 3.46. The van der Waals surface area contributed by atoms with Crippen LogP contribution in [0.25, 0.3) is 44.3 Å². The first-order valence-corrected chi connectivity index (χ1v) is 18.3. The Morgan fingerprint density at radius 2 is 1.17 bits per heavy atom. The van der Waals surface area contributed by atoms with E-state index in [0.29, 0.717) is 0 Å². The third-order valence-corrected chi connectivity index (χ3v) is 10.9. The van der Waals surface area contributed by atoms with Gasteiger partial charge in [-0.2, -0.15) is 0 Å². The molecule has 0 fully saturated rings. The maximum absolute atomic E-state index is 5.45. The van der Waals surface area contributed by atoms with E-state index in [-0.39, 0.29) is 12.1 Å². The third-order valence-electron chi connectivity index (χ3n) is 10.9. The predicted molar refractivity (Wildman–Crippen MR) is 216 cm³/mol. The molecule has 0 radical (unpaired) electrons. The SMILES string of the molecule is C1=C(c2ccccc2)NC(c2ccccc2)N=C1c1cc(C2CCc3ccccc3-c3ccccc32)cc(-n2c3ccccc3c3ccccc32)c1. The Bertz CT molecular complexity index is 2610. The van der Waals surface area contributed by atoms with Crippen LogP contribution >= 0.6 is 0 Å². The quantitative estimate of drug-likeness (QED) is 0.194. The summed E-state index contributed by atoms with van der Waals surface area (Å²) in [5.74, 6) is 0.209. The van der Waals surface area contributed by atoms with Gasteiger partial charge in [0.25, 0.3) is 0 Å². The molecular formula is C49H37N3. The zero-order chi connectivity index (χ0) is 34.4. The number of aromatic nitrogens is 1. The minimum absolute atomic E-state index is 0.209. The van der Waals surface area contributed by atoms with Crippen LogP contribution in [0.1, 0.15) is 51.9 Å². The Kier molecular flexibility index (Phi) is 7.42. The van der Waals surface area contributed by atoms with Gasteiger partial charge in [-0.25, -0.2) is 0 Å². The van der Waals surface area contributed by atoms with Crippen LogP contribution in [0.3, 0.4) is 0 Å². The lowest BCUT2D eigenvalue weighted by Gasteiger charge is -2.26. The summed E-state index contributed by atoms with van der Waals surface area (Å²) < 4.78 is 2.45. The Hall–Kier alpha value is -6.45. The first kappa shape index (κ1) is 30.4. The summed E-state index contributed by atoms with van der Waals surface area (Å²) >= 11 is 0. The molecule has 0 saturated heterocycles. The summed E-state index contributed by atoms with van der Waals surface area (Å²) in [6, 6.07) is 63.9. The van der Waals surface area contributed by atoms with E-state index in [4.69, 9.17) is 4.99 Å². The van der Waals surface area contributed by atoms with Crippen molar-refractivity contribution in [2.75, 3.05) is 0 Å². The number of nitrogens with zero attached hydrogens (tertiary/aromatic N) is 2. The number of aliphatic imine (C=N–C) groups is 1. The molecule has 52 heavy (non-hydrogen) atoms. The zero-order valence-corrected chi connectivity index (χ0v) is 28.8. The smallest absolute Gasteiger partial charge is 0.145 e. The molecule has 1 N–H and O–H groups in total. The number of fused-ring (bicyclic) bond motifs is 6. The fourth-order valence-corrected chi connectivity index (χ4v) is 8.43. The number of nitrogens with one attached hydrogen (secondary N) is 1. The Morgan fingerprint density at radius 3 is 1.94 bits per heavy atom. The lowest BCUT2D eigenvalue weighted by Crippen LogP contribution is -2.25. The number of aryl methyl sites for hydroxylation is 1. The van der Waals surface area contributed by atoms with Gasteiger partial charge in [0.15, 0.2) is 0 Å². The van der Waals surface area contributed by atoms with Gasteiger partial charge in [-0.3, -0.25) is 4.99 Å². The topological polar surface area (TPSA) is 29.3 Å². The summed E-state index contributed by atoms with van der Waals surface area (Å²) in [7, 11) is 0. The van der Waals surface area contributed by atoms with E-state index in [1.54, 1.807) is 0 Å². The van der Waals surface area contributed by atoms with Gasteiger partial charge in [-0.05, 0) is 88.2 Å². The number of para-hydroxylation sites is 2. The highest BCUT2D eigenvalue weighted by atomic mass is 15.1. The van der Waals surface area contributed by atoms with Crippen molar-refractivity contribution < 1.29 is 0 Å². The van der Waals surface area contributed by atoms with Gasteiger partial charge in [0.05, 0.1) is 16.7 Å². The maximum Gasteiger partial charge on any atom is 0.145 e. The minimum atomic E-state index is -0.218. The van der Waals surface area contributed by atoms with E-state index < -0.39 is 0 Å². The summed E-state index contributed by atoms with van der Waals surface area (Å²) in [5.41, 5.74) is 15.8. The standard InChI is InChI=1S/C49H37N3/c1-3-16-34(17-4-1)45-32-46(51-49(50-45)35-18-5-2-6-19-35)37-29-36(40-28-27-33-15-7-8-20-39(33)41-21-9-10-22-42(40)41)30-38(31-37)52-47-25-13-11-23-43(47)44-24-12-14-26-48(44)52/h1-26,29-32,40,49-50H,27-28H2. The van der Waals surface area contributed by atoms with Crippen LogP contribution in [0.5, 0.6) is 0 Å². The van der Waals surface area contributed by atoms with Crippen molar-refractivity contribution in [2.45, 2.75) is 24.9 Å². The van der Waals surface area contributed by atoms with Crippen LogP contribution in [-0.2, 0) is 6.42 Å². The molecule has 1 aliphatic heterocycles. The molecular weight excluding hydrogens is 631 g/mol. The molecule has 0 saturated carbocycles. The maximum atomic E-state index is 5.45. The molecule has 2 atom stereocenters. The van der Waals surface area contributed by atoms with Crippen molar-refractivity contribution in [3.8, 4) is 16.8 Å².